The quantitative estimate of drug-likeness (QED) is 0.418. The van der Waals surface area contributed by atoms with Crippen molar-refractivity contribution >= 4 is 17.5 Å². The second-order valence-electron chi connectivity index (χ2n) is 10.2. The van der Waals surface area contributed by atoms with Crippen LogP contribution < -0.4 is 5.73 Å². The van der Waals surface area contributed by atoms with Crippen molar-refractivity contribution < 1.29 is 19.4 Å². The highest BCUT2D eigenvalue weighted by Crippen LogP contribution is 2.40. The number of carbonyl (C=O) groups excluding carboxylic acids is 1. The van der Waals surface area contributed by atoms with E-state index in [4.69, 9.17) is 26.8 Å². The van der Waals surface area contributed by atoms with Gasteiger partial charge in [0.25, 0.3) is 0 Å². The minimum Gasteiger partial charge on any atom is -0.385 e. The summed E-state index contributed by atoms with van der Waals surface area (Å²) in [5.41, 5.74) is 6.20. The number of unbranched alkanes of at least 4 members (excludes halogenated alkanes) is 1. The highest BCUT2D eigenvalue weighted by molar-refractivity contribution is 6.30. The second kappa shape index (κ2) is 13.8. The van der Waals surface area contributed by atoms with Gasteiger partial charge in [-0.25, -0.2) is 0 Å². The number of rotatable bonds is 12. The summed E-state index contributed by atoms with van der Waals surface area (Å²) in [6.45, 7) is 3.65. The molecule has 1 amide bonds. The van der Waals surface area contributed by atoms with Gasteiger partial charge in [-0.15, -0.1) is 0 Å². The van der Waals surface area contributed by atoms with Crippen LogP contribution in [0.1, 0.15) is 69.8 Å². The zero-order chi connectivity index (χ0) is 24.4. The lowest BCUT2D eigenvalue weighted by Crippen LogP contribution is -2.48. The molecule has 3 N–H and O–H groups in total. The van der Waals surface area contributed by atoms with Gasteiger partial charge in [0, 0.05) is 63.4 Å². The maximum Gasteiger partial charge on any atom is 0.222 e. The van der Waals surface area contributed by atoms with Crippen molar-refractivity contribution in [2.24, 2.45) is 17.6 Å². The van der Waals surface area contributed by atoms with Crippen LogP contribution in [0, 0.1) is 11.8 Å². The molecule has 0 unspecified atom stereocenters. The molecule has 2 heterocycles. The van der Waals surface area contributed by atoms with Gasteiger partial charge < -0.3 is 25.2 Å². The van der Waals surface area contributed by atoms with E-state index in [0.717, 1.165) is 70.3 Å². The summed E-state index contributed by atoms with van der Waals surface area (Å²) in [5, 5.41) is 12.6. The van der Waals surface area contributed by atoms with Gasteiger partial charge in [-0.1, -0.05) is 23.7 Å². The first kappa shape index (κ1) is 27.4. The van der Waals surface area contributed by atoms with E-state index in [1.807, 2.05) is 29.2 Å². The molecule has 0 spiro atoms. The van der Waals surface area contributed by atoms with Crippen LogP contribution >= 0.6 is 11.6 Å². The van der Waals surface area contributed by atoms with Gasteiger partial charge in [-0.05, 0) is 81.4 Å². The van der Waals surface area contributed by atoms with Crippen LogP contribution in [-0.2, 0) is 19.9 Å². The van der Waals surface area contributed by atoms with Crippen LogP contribution in [0.5, 0.6) is 0 Å². The molecular weight excluding hydrogens is 452 g/mol. The predicted molar refractivity (Wildman–Crippen MR) is 136 cm³/mol. The topological polar surface area (TPSA) is 85.0 Å². The first-order valence-corrected chi connectivity index (χ1v) is 13.4. The zero-order valence-corrected chi connectivity index (χ0v) is 21.5. The van der Waals surface area contributed by atoms with E-state index in [9.17, 15) is 9.90 Å². The Bertz CT molecular complexity index is 758. The molecule has 2 aliphatic rings. The Labute approximate surface area is 210 Å². The van der Waals surface area contributed by atoms with Crippen LogP contribution in [0.4, 0.5) is 0 Å². The number of methoxy groups -OCH3 is 1. The fraction of sp³-hybridized carbons (Fsp3) is 0.741. The van der Waals surface area contributed by atoms with E-state index in [1.54, 1.807) is 7.11 Å². The number of nitrogens with zero attached hydrogens (tertiary/aromatic N) is 1. The van der Waals surface area contributed by atoms with E-state index in [0.29, 0.717) is 43.4 Å². The van der Waals surface area contributed by atoms with Gasteiger partial charge in [0.15, 0.2) is 0 Å². The Hall–Kier alpha value is -1.18. The number of amides is 1. The van der Waals surface area contributed by atoms with E-state index in [1.165, 1.54) is 0 Å². The Morgan fingerprint density at radius 1 is 1.32 bits per heavy atom. The Morgan fingerprint density at radius 2 is 2.12 bits per heavy atom. The van der Waals surface area contributed by atoms with Crippen molar-refractivity contribution in [1.82, 2.24) is 4.90 Å². The molecule has 1 aromatic rings. The fourth-order valence-electron chi connectivity index (χ4n) is 5.57. The van der Waals surface area contributed by atoms with Crippen molar-refractivity contribution in [3.05, 3.63) is 34.9 Å². The van der Waals surface area contributed by atoms with Gasteiger partial charge >= 0.3 is 0 Å². The molecule has 0 aromatic heterocycles. The van der Waals surface area contributed by atoms with Crippen LogP contribution in [0.2, 0.25) is 5.02 Å². The number of carbonyl (C=O) groups is 1. The first-order valence-electron chi connectivity index (χ1n) is 13.0. The molecule has 2 fully saturated rings. The average molecular weight is 495 g/mol. The molecule has 192 valence electrons. The largest absolute Gasteiger partial charge is 0.385 e. The van der Waals surface area contributed by atoms with E-state index < -0.39 is 5.60 Å². The number of nitrogens with two attached hydrogens (primary N) is 1. The van der Waals surface area contributed by atoms with Crippen molar-refractivity contribution in [2.45, 2.75) is 75.9 Å². The number of halogens is 1. The monoisotopic (exact) mass is 494 g/mol. The summed E-state index contributed by atoms with van der Waals surface area (Å²) in [7, 11) is 1.70. The molecule has 0 bridgehead atoms. The van der Waals surface area contributed by atoms with Crippen LogP contribution in [0.15, 0.2) is 24.3 Å². The number of benzene rings is 1. The highest BCUT2D eigenvalue weighted by Gasteiger charge is 2.41. The summed E-state index contributed by atoms with van der Waals surface area (Å²) in [5.74, 6) is 0.742. The number of piperidine rings is 1. The highest BCUT2D eigenvalue weighted by atomic mass is 35.5. The third-order valence-electron chi connectivity index (χ3n) is 7.64. The molecule has 0 radical (unpaired) electrons. The Balaban J connectivity index is 1.59. The lowest BCUT2D eigenvalue weighted by molar-refractivity contribution is -0.137. The normalized spacial score (nSPS) is 22.4. The summed E-state index contributed by atoms with van der Waals surface area (Å²) in [4.78, 5) is 15.0. The number of likely N-dealkylation sites (tertiary alicyclic amines) is 1. The standard InChI is InChI=1S/C27H43ClN2O4/c1-33-15-3-2-13-27(32,22-6-4-8-24(28)19-22)23-7-5-14-30(20-23)26(31)10-9-25(29)18-21-11-16-34-17-12-21/h4,6,8,19,21,23,25,32H,2-3,5,7,9-18,20,29H2,1H3/t23-,25-,27-/m1/s1. The maximum atomic E-state index is 13.1. The SMILES string of the molecule is COCCCC[C@@](O)(c1cccc(Cl)c1)[C@@H]1CCCN(C(=O)CC[C@@H](N)CC2CCOCC2)C1. The number of hydrogen-bond acceptors (Lipinski definition) is 5. The molecule has 1 aromatic carbocycles. The van der Waals surface area contributed by atoms with Crippen LogP contribution in [0.3, 0.4) is 0 Å². The van der Waals surface area contributed by atoms with Crippen LogP contribution in [-0.4, -0.2) is 62.0 Å². The molecule has 3 rings (SSSR count). The molecule has 3 atom stereocenters. The van der Waals surface area contributed by atoms with Gasteiger partial charge in [-0.3, -0.25) is 4.79 Å². The molecule has 2 aliphatic heterocycles. The van der Waals surface area contributed by atoms with E-state index in [2.05, 4.69) is 0 Å². The molecule has 2 saturated heterocycles. The summed E-state index contributed by atoms with van der Waals surface area (Å²) in [6, 6.07) is 7.60. The predicted octanol–water partition coefficient (Wildman–Crippen LogP) is 4.51. The van der Waals surface area contributed by atoms with Gasteiger partial charge in [0.2, 0.25) is 5.91 Å². The molecule has 0 aliphatic carbocycles. The zero-order valence-electron chi connectivity index (χ0n) is 20.7. The summed E-state index contributed by atoms with van der Waals surface area (Å²) < 4.78 is 10.6. The fourth-order valence-corrected chi connectivity index (χ4v) is 5.76. The van der Waals surface area contributed by atoms with E-state index >= 15 is 0 Å². The molecular formula is C27H43ClN2O4. The Morgan fingerprint density at radius 3 is 2.85 bits per heavy atom. The van der Waals surface area contributed by atoms with Crippen molar-refractivity contribution in [2.75, 3.05) is 40.0 Å². The number of hydrogen-bond donors (Lipinski definition) is 2. The lowest BCUT2D eigenvalue weighted by Gasteiger charge is -2.43. The van der Waals surface area contributed by atoms with Crippen molar-refractivity contribution in [1.29, 1.82) is 0 Å². The number of ether oxygens (including phenoxy) is 2. The first-order chi connectivity index (χ1) is 16.4. The number of aliphatic hydroxyl groups is 1. The van der Waals surface area contributed by atoms with Crippen molar-refractivity contribution in [3.63, 3.8) is 0 Å². The average Bonchev–Trinajstić information content (AvgIpc) is 2.86. The van der Waals surface area contributed by atoms with Crippen LogP contribution in [0.25, 0.3) is 0 Å². The third kappa shape index (κ3) is 7.92. The summed E-state index contributed by atoms with van der Waals surface area (Å²) in [6.07, 6.45) is 8.44. The maximum absolute atomic E-state index is 13.1. The molecule has 6 nitrogen and oxygen atoms in total. The minimum absolute atomic E-state index is 0.0258. The van der Waals surface area contributed by atoms with Gasteiger partial charge in [-0.2, -0.15) is 0 Å². The van der Waals surface area contributed by atoms with Crippen molar-refractivity contribution in [3.8, 4) is 0 Å². The van der Waals surface area contributed by atoms with Gasteiger partial charge in [0.05, 0.1) is 5.60 Å². The van der Waals surface area contributed by atoms with Gasteiger partial charge in [0.1, 0.15) is 0 Å². The lowest BCUT2D eigenvalue weighted by atomic mass is 9.74. The molecule has 34 heavy (non-hydrogen) atoms. The Kier molecular flexibility index (Phi) is 11.1. The minimum atomic E-state index is -1.02. The second-order valence-corrected chi connectivity index (χ2v) is 10.6. The van der Waals surface area contributed by atoms with E-state index in [-0.39, 0.29) is 17.9 Å². The summed E-state index contributed by atoms with van der Waals surface area (Å²) >= 11 is 6.28. The smallest absolute Gasteiger partial charge is 0.222 e. The molecule has 0 saturated carbocycles. The molecule has 7 heteroatoms. The third-order valence-corrected chi connectivity index (χ3v) is 7.87.